The second-order valence-corrected chi connectivity index (χ2v) is 5.67. The van der Waals surface area contributed by atoms with Gasteiger partial charge in [-0.1, -0.05) is 27.2 Å². The van der Waals surface area contributed by atoms with Crippen LogP contribution in [0.3, 0.4) is 0 Å². The molecule has 2 atom stereocenters. The molecule has 1 saturated carbocycles. The van der Waals surface area contributed by atoms with Gasteiger partial charge in [-0.3, -0.25) is 9.59 Å². The average molecular weight is 250 g/mol. The fraction of sp³-hybridized carbons (Fsp3) is 0.833. The molecule has 0 bridgehead atoms. The van der Waals surface area contributed by atoms with E-state index in [1.807, 2.05) is 20.8 Å². The van der Waals surface area contributed by atoms with Gasteiger partial charge in [0.25, 0.3) is 0 Å². The summed E-state index contributed by atoms with van der Waals surface area (Å²) in [6, 6.07) is 0. The quantitative estimate of drug-likeness (QED) is 0.670. The van der Waals surface area contributed by atoms with Crippen LogP contribution in [0, 0.1) is 17.3 Å². The Bertz CT molecular complexity index is 326. The molecule has 0 heterocycles. The number of alkyl halides is 3. The Morgan fingerprint density at radius 1 is 1.18 bits per heavy atom. The summed E-state index contributed by atoms with van der Waals surface area (Å²) < 4.78 is 37.0. The van der Waals surface area contributed by atoms with Crippen LogP contribution in [0.25, 0.3) is 0 Å². The summed E-state index contributed by atoms with van der Waals surface area (Å²) in [6.45, 7) is 5.45. The van der Waals surface area contributed by atoms with Crippen molar-refractivity contribution in [1.29, 1.82) is 0 Å². The highest BCUT2D eigenvalue weighted by Gasteiger charge is 2.50. The highest BCUT2D eigenvalue weighted by atomic mass is 19.4. The van der Waals surface area contributed by atoms with Gasteiger partial charge < -0.3 is 0 Å². The first kappa shape index (κ1) is 14.2. The topological polar surface area (TPSA) is 34.1 Å². The van der Waals surface area contributed by atoms with E-state index in [2.05, 4.69) is 0 Å². The molecule has 0 saturated heterocycles. The first-order chi connectivity index (χ1) is 7.55. The molecule has 1 aliphatic rings. The number of rotatable bonds is 1. The molecule has 2 nitrogen and oxygen atoms in total. The van der Waals surface area contributed by atoms with Gasteiger partial charge in [-0.05, 0) is 18.3 Å². The summed E-state index contributed by atoms with van der Waals surface area (Å²) in [5, 5.41) is 0. The zero-order valence-corrected chi connectivity index (χ0v) is 10.2. The minimum atomic E-state index is -4.90. The number of hydrogen-bond donors (Lipinski definition) is 0. The van der Waals surface area contributed by atoms with Gasteiger partial charge in [-0.25, -0.2) is 0 Å². The molecule has 0 unspecified atom stereocenters. The van der Waals surface area contributed by atoms with E-state index < -0.39 is 29.6 Å². The molecule has 0 aromatic carbocycles. The fourth-order valence-electron chi connectivity index (χ4n) is 2.37. The van der Waals surface area contributed by atoms with Gasteiger partial charge in [0.2, 0.25) is 5.78 Å². The van der Waals surface area contributed by atoms with Crippen LogP contribution in [0.4, 0.5) is 13.2 Å². The molecule has 17 heavy (non-hydrogen) atoms. The largest absolute Gasteiger partial charge is 0.450 e. The molecule has 0 spiro atoms. The van der Waals surface area contributed by atoms with Crippen LogP contribution >= 0.6 is 0 Å². The van der Waals surface area contributed by atoms with Crippen LogP contribution in [0.5, 0.6) is 0 Å². The van der Waals surface area contributed by atoms with Crippen molar-refractivity contribution in [2.75, 3.05) is 0 Å². The van der Waals surface area contributed by atoms with Gasteiger partial charge in [0, 0.05) is 5.92 Å². The first-order valence-corrected chi connectivity index (χ1v) is 5.70. The third-order valence-electron chi connectivity index (χ3n) is 3.31. The van der Waals surface area contributed by atoms with E-state index in [-0.39, 0.29) is 11.8 Å². The lowest BCUT2D eigenvalue weighted by atomic mass is 9.67. The maximum atomic E-state index is 12.3. The van der Waals surface area contributed by atoms with E-state index in [1.165, 1.54) is 0 Å². The minimum Gasteiger partial charge on any atom is -0.299 e. The number of ketones is 2. The van der Waals surface area contributed by atoms with E-state index in [4.69, 9.17) is 0 Å². The minimum absolute atomic E-state index is 0.0315. The Hall–Kier alpha value is -0.870. The Morgan fingerprint density at radius 2 is 1.71 bits per heavy atom. The van der Waals surface area contributed by atoms with Crippen molar-refractivity contribution in [3.8, 4) is 0 Å². The Labute approximate surface area is 98.6 Å². The number of Topliss-reactive ketones (excluding diaryl/α,β-unsaturated/α-hetero) is 2. The molecule has 1 aliphatic carbocycles. The van der Waals surface area contributed by atoms with Gasteiger partial charge in [0.1, 0.15) is 5.78 Å². The third kappa shape index (κ3) is 3.07. The van der Waals surface area contributed by atoms with Gasteiger partial charge in [0.05, 0.1) is 5.92 Å². The molecule has 0 amide bonds. The monoisotopic (exact) mass is 250 g/mol. The highest BCUT2D eigenvalue weighted by molar-refractivity contribution is 6.06. The predicted molar refractivity (Wildman–Crippen MR) is 56.4 cm³/mol. The van der Waals surface area contributed by atoms with Crippen molar-refractivity contribution < 1.29 is 22.8 Å². The van der Waals surface area contributed by atoms with Crippen LogP contribution < -0.4 is 0 Å². The molecule has 0 aromatic heterocycles. The van der Waals surface area contributed by atoms with Crippen LogP contribution in [0.15, 0.2) is 0 Å². The maximum Gasteiger partial charge on any atom is 0.450 e. The SMILES string of the molecule is CC(C)(C)[C@H]1CCC[C@@H](C(=O)C(F)(F)F)C1=O. The molecule has 0 aromatic rings. The Kier molecular flexibility index (Phi) is 3.69. The van der Waals surface area contributed by atoms with Gasteiger partial charge in [-0.15, -0.1) is 0 Å². The molecule has 5 heteroatoms. The summed E-state index contributed by atoms with van der Waals surface area (Å²) in [7, 11) is 0. The Balaban J connectivity index is 2.90. The molecular weight excluding hydrogens is 233 g/mol. The highest BCUT2D eigenvalue weighted by Crippen LogP contribution is 2.39. The van der Waals surface area contributed by atoms with Gasteiger partial charge >= 0.3 is 6.18 Å². The van der Waals surface area contributed by atoms with E-state index >= 15 is 0 Å². The summed E-state index contributed by atoms with van der Waals surface area (Å²) in [5.41, 5.74) is -0.387. The van der Waals surface area contributed by atoms with E-state index in [0.717, 1.165) is 0 Å². The zero-order chi connectivity index (χ0) is 13.4. The van der Waals surface area contributed by atoms with Crippen LogP contribution in [0.2, 0.25) is 0 Å². The Morgan fingerprint density at radius 3 is 2.12 bits per heavy atom. The summed E-state index contributed by atoms with van der Waals surface area (Å²) in [5.74, 6) is -4.34. The third-order valence-corrected chi connectivity index (χ3v) is 3.31. The van der Waals surface area contributed by atoms with Crippen molar-refractivity contribution in [2.45, 2.75) is 46.2 Å². The molecule has 0 aliphatic heterocycles. The second kappa shape index (κ2) is 4.42. The van der Waals surface area contributed by atoms with Gasteiger partial charge in [0.15, 0.2) is 0 Å². The second-order valence-electron chi connectivity index (χ2n) is 5.67. The fourth-order valence-corrected chi connectivity index (χ4v) is 2.37. The summed E-state index contributed by atoms with van der Waals surface area (Å²) >= 11 is 0. The number of hydrogen-bond acceptors (Lipinski definition) is 2. The predicted octanol–water partition coefficient (Wildman–Crippen LogP) is 3.15. The molecule has 1 fully saturated rings. The number of carbonyl (C=O) groups excluding carboxylic acids is 2. The number of halogens is 3. The van der Waals surface area contributed by atoms with Crippen molar-refractivity contribution in [3.05, 3.63) is 0 Å². The van der Waals surface area contributed by atoms with Crippen LogP contribution in [0.1, 0.15) is 40.0 Å². The normalized spacial score (nSPS) is 27.1. The molecular formula is C12H17F3O2. The average Bonchev–Trinajstić information content (AvgIpc) is 2.13. The standard InChI is InChI=1S/C12H17F3O2/c1-11(2,3)8-6-4-5-7(9(8)16)10(17)12(13,14)15/h7-8H,4-6H2,1-3H3/t7-,8+/m1/s1. The smallest absolute Gasteiger partial charge is 0.299 e. The molecule has 1 rings (SSSR count). The number of carbonyl (C=O) groups is 2. The summed E-state index contributed by atoms with van der Waals surface area (Å²) in [6.07, 6.45) is -3.80. The first-order valence-electron chi connectivity index (χ1n) is 5.70. The van der Waals surface area contributed by atoms with Crippen LogP contribution in [-0.2, 0) is 9.59 Å². The van der Waals surface area contributed by atoms with Crippen molar-refractivity contribution in [2.24, 2.45) is 17.3 Å². The lowest BCUT2D eigenvalue weighted by Crippen LogP contribution is -2.44. The van der Waals surface area contributed by atoms with Gasteiger partial charge in [-0.2, -0.15) is 13.2 Å². The molecule has 0 radical (unpaired) electrons. The maximum absolute atomic E-state index is 12.3. The van der Waals surface area contributed by atoms with E-state index in [9.17, 15) is 22.8 Å². The van der Waals surface area contributed by atoms with Crippen LogP contribution in [-0.4, -0.2) is 17.7 Å². The van der Waals surface area contributed by atoms with E-state index in [0.29, 0.717) is 12.8 Å². The van der Waals surface area contributed by atoms with Crippen molar-refractivity contribution in [3.63, 3.8) is 0 Å². The molecule has 98 valence electrons. The zero-order valence-electron chi connectivity index (χ0n) is 10.2. The van der Waals surface area contributed by atoms with Crippen molar-refractivity contribution >= 4 is 11.6 Å². The van der Waals surface area contributed by atoms with E-state index in [1.54, 1.807) is 0 Å². The lowest BCUT2D eigenvalue weighted by Gasteiger charge is -2.35. The van der Waals surface area contributed by atoms with Crippen molar-refractivity contribution in [1.82, 2.24) is 0 Å². The molecule has 0 N–H and O–H groups in total. The summed E-state index contributed by atoms with van der Waals surface area (Å²) in [4.78, 5) is 23.1. The lowest BCUT2D eigenvalue weighted by molar-refractivity contribution is -0.178.